The molecule has 1 aromatic carbocycles. The van der Waals surface area contributed by atoms with Crippen LogP contribution in [0, 0.1) is 12.3 Å². The molecule has 0 aliphatic carbocycles. The molecule has 1 unspecified atom stereocenters. The van der Waals surface area contributed by atoms with Crippen LogP contribution in [0.15, 0.2) is 42.5 Å². The van der Waals surface area contributed by atoms with Gasteiger partial charge in [-0.3, -0.25) is 9.78 Å². The maximum atomic E-state index is 12.8. The average molecular weight is 413 g/mol. The summed E-state index contributed by atoms with van der Waals surface area (Å²) in [6.45, 7) is 5.72. The van der Waals surface area contributed by atoms with Crippen LogP contribution in [0.25, 0.3) is 0 Å². The third kappa shape index (κ3) is 5.72. The van der Waals surface area contributed by atoms with Gasteiger partial charge in [-0.15, -0.1) is 0 Å². The Morgan fingerprint density at radius 1 is 1.20 bits per heavy atom. The number of carbonyl (C=O) groups excluding carboxylic acids is 1. The van der Waals surface area contributed by atoms with Gasteiger partial charge in [0.05, 0.1) is 18.9 Å². The number of nitrogens with zero attached hydrogens (tertiary/aromatic N) is 2. The Bertz CT molecular complexity index is 827. The molecule has 30 heavy (non-hydrogen) atoms. The minimum absolute atomic E-state index is 0.0141. The van der Waals surface area contributed by atoms with Gasteiger partial charge in [-0.1, -0.05) is 25.1 Å². The van der Waals surface area contributed by atoms with E-state index < -0.39 is 0 Å². The number of aromatic nitrogens is 1. The first-order valence-electron chi connectivity index (χ1n) is 10.7. The number of aryl methyl sites for hydroxylation is 2. The molecule has 162 valence electrons. The summed E-state index contributed by atoms with van der Waals surface area (Å²) in [7, 11) is 0. The number of amides is 1. The van der Waals surface area contributed by atoms with E-state index in [1.165, 1.54) is 0 Å². The molecule has 1 aliphatic rings. The van der Waals surface area contributed by atoms with Crippen LogP contribution in [-0.4, -0.2) is 53.8 Å². The number of aliphatic hydroxyl groups excluding tert-OH is 1. The number of piperidine rings is 1. The summed E-state index contributed by atoms with van der Waals surface area (Å²) < 4.78 is 11.6. The van der Waals surface area contributed by atoms with Gasteiger partial charge in [0, 0.05) is 24.2 Å². The molecule has 3 rings (SSSR count). The molecule has 1 fully saturated rings. The fourth-order valence-electron chi connectivity index (χ4n) is 3.95. The van der Waals surface area contributed by atoms with E-state index in [9.17, 15) is 9.90 Å². The number of pyridine rings is 1. The van der Waals surface area contributed by atoms with Gasteiger partial charge in [0.2, 0.25) is 0 Å². The molecular weight excluding hydrogens is 380 g/mol. The first-order chi connectivity index (χ1) is 14.5. The lowest BCUT2D eigenvalue weighted by molar-refractivity contribution is -0.138. The zero-order chi connectivity index (χ0) is 21.4. The van der Waals surface area contributed by atoms with E-state index in [0.29, 0.717) is 31.9 Å². The Kier molecular flexibility index (Phi) is 7.69. The summed E-state index contributed by atoms with van der Waals surface area (Å²) in [4.78, 5) is 19.1. The minimum Gasteiger partial charge on any atom is -0.494 e. The highest BCUT2D eigenvalue weighted by molar-refractivity contribution is 5.78. The van der Waals surface area contributed by atoms with Crippen molar-refractivity contribution in [2.24, 2.45) is 5.41 Å². The highest BCUT2D eigenvalue weighted by Gasteiger charge is 2.36. The van der Waals surface area contributed by atoms with E-state index in [2.05, 4.69) is 4.98 Å². The molecular formula is C24H32N2O4. The van der Waals surface area contributed by atoms with Crippen molar-refractivity contribution in [1.29, 1.82) is 0 Å². The fourth-order valence-corrected chi connectivity index (χ4v) is 3.95. The Morgan fingerprint density at radius 3 is 2.73 bits per heavy atom. The molecule has 1 amide bonds. The van der Waals surface area contributed by atoms with Crippen molar-refractivity contribution in [3.63, 3.8) is 0 Å². The summed E-state index contributed by atoms with van der Waals surface area (Å²) in [5.74, 6) is 1.43. The number of hydrogen-bond donors (Lipinski definition) is 1. The second kappa shape index (κ2) is 10.4. The van der Waals surface area contributed by atoms with Crippen LogP contribution >= 0.6 is 0 Å². The van der Waals surface area contributed by atoms with Crippen LogP contribution in [0.2, 0.25) is 0 Å². The fraction of sp³-hybridized carbons (Fsp3) is 0.500. The molecule has 0 spiro atoms. The van der Waals surface area contributed by atoms with Crippen molar-refractivity contribution >= 4 is 5.91 Å². The van der Waals surface area contributed by atoms with E-state index in [4.69, 9.17) is 9.47 Å². The number of aliphatic hydroxyl groups is 1. The summed E-state index contributed by atoms with van der Waals surface area (Å²) in [5, 5.41) is 10.1. The quantitative estimate of drug-likeness (QED) is 0.683. The number of likely N-dealkylation sites (tertiary alicyclic amines) is 1. The zero-order valence-corrected chi connectivity index (χ0v) is 18.0. The third-order valence-electron chi connectivity index (χ3n) is 5.75. The van der Waals surface area contributed by atoms with Crippen molar-refractivity contribution in [3.8, 4) is 11.5 Å². The van der Waals surface area contributed by atoms with Crippen molar-refractivity contribution in [2.75, 3.05) is 32.9 Å². The summed E-state index contributed by atoms with van der Waals surface area (Å²) in [6, 6.07) is 13.4. The second-order valence-corrected chi connectivity index (χ2v) is 8.03. The van der Waals surface area contributed by atoms with Gasteiger partial charge in [0.1, 0.15) is 11.5 Å². The Morgan fingerprint density at radius 2 is 2.00 bits per heavy atom. The lowest BCUT2D eigenvalue weighted by Gasteiger charge is -2.41. The SMILES string of the molecule is CCc1nc(C)ccc1OCC(=O)N1CCCC(CO)(CCOc2ccccc2)C1. The van der Waals surface area contributed by atoms with Crippen molar-refractivity contribution in [3.05, 3.63) is 53.9 Å². The Hall–Kier alpha value is -2.60. The van der Waals surface area contributed by atoms with Crippen molar-refractivity contribution in [2.45, 2.75) is 39.5 Å². The van der Waals surface area contributed by atoms with E-state index >= 15 is 0 Å². The molecule has 1 atom stereocenters. The maximum Gasteiger partial charge on any atom is 0.260 e. The van der Waals surface area contributed by atoms with Crippen LogP contribution in [0.3, 0.4) is 0 Å². The van der Waals surface area contributed by atoms with Gasteiger partial charge >= 0.3 is 0 Å². The van der Waals surface area contributed by atoms with Crippen LogP contribution in [0.5, 0.6) is 11.5 Å². The smallest absolute Gasteiger partial charge is 0.260 e. The zero-order valence-electron chi connectivity index (χ0n) is 18.0. The monoisotopic (exact) mass is 412 g/mol. The molecule has 6 heteroatoms. The first kappa shape index (κ1) is 22.1. The molecule has 6 nitrogen and oxygen atoms in total. The average Bonchev–Trinajstić information content (AvgIpc) is 2.78. The molecule has 0 saturated carbocycles. The van der Waals surface area contributed by atoms with Crippen LogP contribution in [0.4, 0.5) is 0 Å². The number of hydrogen-bond acceptors (Lipinski definition) is 5. The third-order valence-corrected chi connectivity index (χ3v) is 5.75. The molecule has 0 radical (unpaired) electrons. The van der Waals surface area contributed by atoms with E-state index in [1.807, 2.05) is 61.2 Å². The maximum absolute atomic E-state index is 12.8. The number of carbonyl (C=O) groups is 1. The summed E-state index contributed by atoms with van der Waals surface area (Å²) in [5.41, 5.74) is 1.47. The molecule has 1 aromatic heterocycles. The lowest BCUT2D eigenvalue weighted by Crippen LogP contribution is -2.49. The van der Waals surface area contributed by atoms with Gasteiger partial charge in [0.25, 0.3) is 5.91 Å². The highest BCUT2D eigenvalue weighted by atomic mass is 16.5. The number of rotatable bonds is 9. The van der Waals surface area contributed by atoms with Gasteiger partial charge in [-0.2, -0.15) is 0 Å². The van der Waals surface area contributed by atoms with Crippen molar-refractivity contribution < 1.29 is 19.4 Å². The molecule has 2 aromatic rings. The first-order valence-corrected chi connectivity index (χ1v) is 10.7. The standard InChI is InChI=1S/C24H32N2O4/c1-3-21-22(11-10-19(2)25-21)30-16-23(28)26-14-7-12-24(17-26,18-27)13-15-29-20-8-5-4-6-9-20/h4-6,8-11,27H,3,7,12-18H2,1-2H3. The van der Waals surface area contributed by atoms with E-state index in [0.717, 1.165) is 36.4 Å². The van der Waals surface area contributed by atoms with E-state index in [1.54, 1.807) is 0 Å². The summed E-state index contributed by atoms with van der Waals surface area (Å²) >= 11 is 0. The van der Waals surface area contributed by atoms with Gasteiger partial charge in [0.15, 0.2) is 6.61 Å². The Balaban J connectivity index is 1.55. The summed E-state index contributed by atoms with van der Waals surface area (Å²) in [6.07, 6.45) is 3.20. The predicted molar refractivity (Wildman–Crippen MR) is 116 cm³/mol. The number of benzene rings is 1. The van der Waals surface area contributed by atoms with E-state index in [-0.39, 0.29) is 24.5 Å². The normalized spacial score (nSPS) is 18.8. The van der Waals surface area contributed by atoms with Crippen molar-refractivity contribution in [1.82, 2.24) is 9.88 Å². The number of ether oxygens (including phenoxy) is 2. The molecule has 2 heterocycles. The minimum atomic E-state index is -0.331. The Labute approximate surface area is 178 Å². The lowest BCUT2D eigenvalue weighted by atomic mass is 9.78. The molecule has 1 saturated heterocycles. The topological polar surface area (TPSA) is 71.9 Å². The molecule has 0 bridgehead atoms. The van der Waals surface area contributed by atoms with Crippen LogP contribution in [-0.2, 0) is 11.2 Å². The predicted octanol–water partition coefficient (Wildman–Crippen LogP) is 3.40. The van der Waals surface area contributed by atoms with Gasteiger partial charge in [-0.25, -0.2) is 0 Å². The van der Waals surface area contributed by atoms with Crippen LogP contribution in [0.1, 0.15) is 37.6 Å². The van der Waals surface area contributed by atoms with Crippen LogP contribution < -0.4 is 9.47 Å². The number of para-hydroxylation sites is 1. The van der Waals surface area contributed by atoms with Gasteiger partial charge < -0.3 is 19.5 Å². The largest absolute Gasteiger partial charge is 0.494 e. The molecule has 1 aliphatic heterocycles. The molecule has 1 N–H and O–H groups in total. The second-order valence-electron chi connectivity index (χ2n) is 8.03. The highest BCUT2D eigenvalue weighted by Crippen LogP contribution is 2.33. The van der Waals surface area contributed by atoms with Gasteiger partial charge in [-0.05, 0) is 56.9 Å².